The van der Waals surface area contributed by atoms with E-state index in [-0.39, 0.29) is 0 Å². The fraction of sp³-hybridized carbons (Fsp3) is 0.733. The zero-order chi connectivity index (χ0) is 14.6. The van der Waals surface area contributed by atoms with E-state index < -0.39 is 0 Å². The Balaban J connectivity index is 2.13. The first kappa shape index (κ1) is 14.9. The number of nitrogen functional groups attached to an aromatic ring is 1. The standard InChI is InChI=1S/C15H26N4O/c1-4-15(5-2)7-9-19(10-8-15)13-12(16)14(20-6-3)18-11-17-13/h11H,4-10,16H2,1-3H3. The maximum Gasteiger partial charge on any atom is 0.242 e. The van der Waals surface area contributed by atoms with Gasteiger partial charge in [-0.15, -0.1) is 0 Å². The van der Waals surface area contributed by atoms with Crippen LogP contribution in [0.4, 0.5) is 11.5 Å². The average Bonchev–Trinajstić information content (AvgIpc) is 2.50. The minimum absolute atomic E-state index is 0.500. The third-order valence-corrected chi connectivity index (χ3v) is 4.73. The Morgan fingerprint density at radius 1 is 1.20 bits per heavy atom. The average molecular weight is 278 g/mol. The van der Waals surface area contributed by atoms with Crippen LogP contribution < -0.4 is 15.4 Å². The SMILES string of the molecule is CCOc1ncnc(N2CCC(CC)(CC)CC2)c1N. The van der Waals surface area contributed by atoms with Crippen LogP contribution in [0.2, 0.25) is 0 Å². The van der Waals surface area contributed by atoms with Crippen molar-refractivity contribution in [3.8, 4) is 5.88 Å². The Morgan fingerprint density at radius 3 is 2.40 bits per heavy atom. The molecule has 2 N–H and O–H groups in total. The molecule has 0 radical (unpaired) electrons. The number of anilines is 2. The second kappa shape index (κ2) is 6.29. The second-order valence-electron chi connectivity index (χ2n) is 5.54. The lowest BCUT2D eigenvalue weighted by atomic mass is 9.74. The Labute approximate surface area is 121 Å². The van der Waals surface area contributed by atoms with Gasteiger partial charge in [0.1, 0.15) is 12.0 Å². The van der Waals surface area contributed by atoms with E-state index in [2.05, 4.69) is 28.7 Å². The first-order valence-electron chi connectivity index (χ1n) is 7.64. The van der Waals surface area contributed by atoms with E-state index in [1.54, 1.807) is 0 Å². The molecule has 0 spiro atoms. The number of nitrogens with zero attached hydrogens (tertiary/aromatic N) is 3. The van der Waals surface area contributed by atoms with Crippen molar-refractivity contribution < 1.29 is 4.74 Å². The lowest BCUT2D eigenvalue weighted by Crippen LogP contribution is -2.40. The summed E-state index contributed by atoms with van der Waals surface area (Å²) in [6, 6.07) is 0. The minimum Gasteiger partial charge on any atom is -0.476 e. The van der Waals surface area contributed by atoms with Crippen LogP contribution >= 0.6 is 0 Å². The van der Waals surface area contributed by atoms with E-state index in [0.29, 0.717) is 23.6 Å². The minimum atomic E-state index is 0.500. The highest BCUT2D eigenvalue weighted by Crippen LogP contribution is 2.40. The highest BCUT2D eigenvalue weighted by atomic mass is 16.5. The van der Waals surface area contributed by atoms with Gasteiger partial charge in [-0.2, -0.15) is 4.98 Å². The third-order valence-electron chi connectivity index (χ3n) is 4.73. The van der Waals surface area contributed by atoms with E-state index in [4.69, 9.17) is 10.5 Å². The van der Waals surface area contributed by atoms with Crippen molar-refractivity contribution in [1.82, 2.24) is 9.97 Å². The van der Waals surface area contributed by atoms with Crippen LogP contribution in [0.1, 0.15) is 46.5 Å². The van der Waals surface area contributed by atoms with Gasteiger partial charge in [-0.1, -0.05) is 26.7 Å². The van der Waals surface area contributed by atoms with Crippen LogP contribution in [0, 0.1) is 5.41 Å². The quantitative estimate of drug-likeness (QED) is 0.897. The predicted octanol–water partition coefficient (Wildman–Crippen LogP) is 2.86. The van der Waals surface area contributed by atoms with Crippen LogP contribution in [0.5, 0.6) is 5.88 Å². The van der Waals surface area contributed by atoms with Crippen molar-refractivity contribution in [3.63, 3.8) is 0 Å². The molecule has 1 aliphatic heterocycles. The molecule has 0 saturated carbocycles. The van der Waals surface area contributed by atoms with Crippen LogP contribution in [0.15, 0.2) is 6.33 Å². The second-order valence-corrected chi connectivity index (χ2v) is 5.54. The fourth-order valence-corrected chi connectivity index (χ4v) is 3.02. The molecular formula is C15H26N4O. The zero-order valence-corrected chi connectivity index (χ0v) is 12.9. The van der Waals surface area contributed by atoms with Crippen molar-refractivity contribution in [3.05, 3.63) is 6.33 Å². The summed E-state index contributed by atoms with van der Waals surface area (Å²) in [5.74, 6) is 1.32. The number of piperidine rings is 1. The number of hydrogen-bond acceptors (Lipinski definition) is 5. The molecule has 0 atom stereocenters. The Hall–Kier alpha value is -1.52. The number of ether oxygens (including phenoxy) is 1. The smallest absolute Gasteiger partial charge is 0.242 e. The summed E-state index contributed by atoms with van der Waals surface area (Å²) in [6.45, 7) is 9.11. The van der Waals surface area contributed by atoms with Crippen LogP contribution in [-0.2, 0) is 0 Å². The zero-order valence-electron chi connectivity index (χ0n) is 12.9. The van der Waals surface area contributed by atoms with Crippen molar-refractivity contribution in [1.29, 1.82) is 0 Å². The van der Waals surface area contributed by atoms with Gasteiger partial charge < -0.3 is 15.4 Å². The topological polar surface area (TPSA) is 64.3 Å². The van der Waals surface area contributed by atoms with Gasteiger partial charge in [-0.05, 0) is 25.2 Å². The van der Waals surface area contributed by atoms with E-state index in [1.807, 2.05) is 6.92 Å². The molecule has 5 heteroatoms. The lowest BCUT2D eigenvalue weighted by molar-refractivity contribution is 0.199. The number of nitrogens with two attached hydrogens (primary N) is 1. The lowest BCUT2D eigenvalue weighted by Gasteiger charge is -2.41. The van der Waals surface area contributed by atoms with E-state index in [0.717, 1.165) is 18.9 Å². The summed E-state index contributed by atoms with van der Waals surface area (Å²) in [5, 5.41) is 0. The summed E-state index contributed by atoms with van der Waals surface area (Å²) in [5.41, 5.74) is 7.21. The van der Waals surface area contributed by atoms with Crippen molar-refractivity contribution in [2.45, 2.75) is 46.5 Å². The highest BCUT2D eigenvalue weighted by Gasteiger charge is 2.32. The molecule has 2 heterocycles. The van der Waals surface area contributed by atoms with E-state index >= 15 is 0 Å². The number of hydrogen-bond donors (Lipinski definition) is 1. The molecule has 1 aromatic heterocycles. The summed E-state index contributed by atoms with van der Waals surface area (Å²) < 4.78 is 5.45. The third kappa shape index (κ3) is 2.81. The van der Waals surface area contributed by atoms with Crippen molar-refractivity contribution in [2.75, 3.05) is 30.3 Å². The molecule has 0 bridgehead atoms. The maximum absolute atomic E-state index is 6.14. The van der Waals surface area contributed by atoms with Gasteiger partial charge in [0.25, 0.3) is 0 Å². The van der Waals surface area contributed by atoms with Gasteiger partial charge in [0.15, 0.2) is 5.82 Å². The molecular weight excluding hydrogens is 252 g/mol. The number of rotatable bonds is 5. The maximum atomic E-state index is 6.14. The normalized spacial score (nSPS) is 18.1. The molecule has 1 fully saturated rings. The van der Waals surface area contributed by atoms with Crippen LogP contribution in [-0.4, -0.2) is 29.7 Å². The van der Waals surface area contributed by atoms with Gasteiger partial charge in [-0.25, -0.2) is 4.98 Å². The monoisotopic (exact) mass is 278 g/mol. The molecule has 112 valence electrons. The molecule has 0 aromatic carbocycles. The van der Waals surface area contributed by atoms with E-state index in [9.17, 15) is 0 Å². The largest absolute Gasteiger partial charge is 0.476 e. The predicted molar refractivity (Wildman–Crippen MR) is 82.1 cm³/mol. The summed E-state index contributed by atoms with van der Waals surface area (Å²) in [7, 11) is 0. The van der Waals surface area contributed by atoms with Gasteiger partial charge in [0.05, 0.1) is 6.61 Å². The molecule has 0 amide bonds. The molecule has 2 rings (SSSR count). The Morgan fingerprint density at radius 2 is 1.85 bits per heavy atom. The first-order valence-corrected chi connectivity index (χ1v) is 7.64. The first-order chi connectivity index (χ1) is 9.65. The molecule has 1 aliphatic rings. The van der Waals surface area contributed by atoms with Gasteiger partial charge in [-0.3, -0.25) is 0 Å². The summed E-state index contributed by atoms with van der Waals surface area (Å²) in [4.78, 5) is 10.7. The summed E-state index contributed by atoms with van der Waals surface area (Å²) >= 11 is 0. The molecule has 1 saturated heterocycles. The van der Waals surface area contributed by atoms with E-state index in [1.165, 1.54) is 32.0 Å². The summed E-state index contributed by atoms with van der Waals surface area (Å²) in [6.07, 6.45) is 6.45. The highest BCUT2D eigenvalue weighted by molar-refractivity contribution is 5.67. The van der Waals surface area contributed by atoms with Crippen LogP contribution in [0.25, 0.3) is 0 Å². The van der Waals surface area contributed by atoms with Gasteiger partial charge in [0.2, 0.25) is 5.88 Å². The molecule has 1 aromatic rings. The molecule has 0 aliphatic carbocycles. The van der Waals surface area contributed by atoms with Gasteiger partial charge >= 0.3 is 0 Å². The molecule has 5 nitrogen and oxygen atoms in total. The Kier molecular flexibility index (Phi) is 4.68. The van der Waals surface area contributed by atoms with Crippen molar-refractivity contribution in [2.24, 2.45) is 5.41 Å². The van der Waals surface area contributed by atoms with Gasteiger partial charge in [0, 0.05) is 13.1 Å². The van der Waals surface area contributed by atoms with Crippen LogP contribution in [0.3, 0.4) is 0 Å². The molecule has 0 unspecified atom stereocenters. The number of aromatic nitrogens is 2. The fourth-order valence-electron chi connectivity index (χ4n) is 3.02. The Bertz CT molecular complexity index is 435. The van der Waals surface area contributed by atoms with Crippen molar-refractivity contribution >= 4 is 11.5 Å². The molecule has 20 heavy (non-hydrogen) atoms.